The van der Waals surface area contributed by atoms with Crippen molar-refractivity contribution < 1.29 is 17.9 Å². The molecule has 72 valence electrons. The molecule has 0 fully saturated rings. The molecule has 1 rings (SSSR count). The van der Waals surface area contributed by atoms with Crippen LogP contribution in [0.25, 0.3) is 0 Å². The first-order chi connectivity index (χ1) is 6.02. The van der Waals surface area contributed by atoms with Crippen molar-refractivity contribution in [2.75, 3.05) is 0 Å². The van der Waals surface area contributed by atoms with E-state index in [1.54, 1.807) is 45.2 Å². The summed E-state index contributed by atoms with van der Waals surface area (Å²) < 4.78 is 41.4. The molecule has 0 saturated carbocycles. The molecular formula is C7H3F3I2O. The van der Waals surface area contributed by atoms with Crippen LogP contribution in [0.1, 0.15) is 0 Å². The van der Waals surface area contributed by atoms with E-state index in [9.17, 15) is 13.2 Å². The number of rotatable bonds is 2. The Labute approximate surface area is 99.9 Å². The van der Waals surface area contributed by atoms with Gasteiger partial charge in [-0.1, -0.05) is 0 Å². The lowest BCUT2D eigenvalue weighted by molar-refractivity contribution is -0.0528. The third-order valence-electron chi connectivity index (χ3n) is 1.21. The summed E-state index contributed by atoms with van der Waals surface area (Å²) in [6.07, 6.45) is 0. The molecule has 1 aromatic carbocycles. The van der Waals surface area contributed by atoms with Gasteiger partial charge in [-0.3, -0.25) is 0 Å². The highest BCUT2D eigenvalue weighted by Gasteiger charge is 2.15. The first-order valence-corrected chi connectivity index (χ1v) is 5.26. The Morgan fingerprint density at radius 3 is 2.23 bits per heavy atom. The fraction of sp³-hybridized carbons (Fsp3) is 0.143. The topological polar surface area (TPSA) is 9.23 Å². The third kappa shape index (κ3) is 2.86. The van der Waals surface area contributed by atoms with Crippen molar-refractivity contribution in [2.45, 2.75) is 6.61 Å². The minimum atomic E-state index is -3.00. The van der Waals surface area contributed by atoms with Crippen molar-refractivity contribution >= 4 is 45.2 Å². The maximum Gasteiger partial charge on any atom is 0.387 e. The molecule has 1 aromatic rings. The van der Waals surface area contributed by atoms with Crippen LogP contribution in [0.5, 0.6) is 5.75 Å². The lowest BCUT2D eigenvalue weighted by Crippen LogP contribution is -2.06. The molecule has 0 amide bonds. The molecule has 13 heavy (non-hydrogen) atoms. The number of ether oxygens (including phenoxy) is 1. The minimum Gasteiger partial charge on any atom is -0.431 e. The molecular weight excluding hydrogens is 411 g/mol. The lowest BCUT2D eigenvalue weighted by Gasteiger charge is -2.08. The summed E-state index contributed by atoms with van der Waals surface area (Å²) in [6, 6.07) is 3.01. The molecule has 0 N–H and O–H groups in total. The molecule has 0 aliphatic heterocycles. The Morgan fingerprint density at radius 2 is 1.69 bits per heavy atom. The molecule has 0 heterocycles. The minimum absolute atomic E-state index is 0.258. The Kier molecular flexibility index (Phi) is 4.07. The van der Waals surface area contributed by atoms with Gasteiger partial charge in [0.2, 0.25) is 0 Å². The first kappa shape index (κ1) is 11.3. The highest BCUT2D eigenvalue weighted by atomic mass is 127. The second kappa shape index (κ2) is 4.67. The molecule has 0 bridgehead atoms. The van der Waals surface area contributed by atoms with Crippen LogP contribution < -0.4 is 4.74 Å². The summed E-state index contributed by atoms with van der Waals surface area (Å²) in [5.74, 6) is -1.13. The second-order valence-electron chi connectivity index (χ2n) is 2.05. The van der Waals surface area contributed by atoms with E-state index in [2.05, 4.69) is 4.74 Å². The van der Waals surface area contributed by atoms with Crippen LogP contribution in [0, 0.1) is 13.0 Å². The average Bonchev–Trinajstić information content (AvgIpc) is 2.05. The van der Waals surface area contributed by atoms with E-state index in [4.69, 9.17) is 0 Å². The average molecular weight is 414 g/mol. The molecule has 0 aromatic heterocycles. The summed E-state index contributed by atoms with van der Waals surface area (Å²) in [6.45, 7) is -3.00. The maximum atomic E-state index is 13.2. The number of alkyl halides is 2. The van der Waals surface area contributed by atoms with Crippen molar-refractivity contribution in [3.8, 4) is 5.75 Å². The van der Waals surface area contributed by atoms with Crippen LogP contribution in [0.15, 0.2) is 12.1 Å². The fourth-order valence-corrected chi connectivity index (χ4v) is 1.67. The van der Waals surface area contributed by atoms with Crippen LogP contribution in [0.4, 0.5) is 13.2 Å². The highest BCUT2D eigenvalue weighted by molar-refractivity contribution is 14.1. The number of hydrogen-bond acceptors (Lipinski definition) is 1. The van der Waals surface area contributed by atoms with Crippen LogP contribution >= 0.6 is 45.2 Å². The number of halogens is 5. The molecule has 0 unspecified atom stereocenters. The van der Waals surface area contributed by atoms with E-state index in [0.29, 0.717) is 3.57 Å². The fourth-order valence-electron chi connectivity index (χ4n) is 0.706. The summed E-state index contributed by atoms with van der Waals surface area (Å²) >= 11 is 3.44. The zero-order valence-electron chi connectivity index (χ0n) is 6.03. The van der Waals surface area contributed by atoms with Crippen LogP contribution in [0.3, 0.4) is 0 Å². The van der Waals surface area contributed by atoms with Crippen molar-refractivity contribution in [3.63, 3.8) is 0 Å². The Hall–Kier alpha value is 0.270. The Morgan fingerprint density at radius 1 is 1.15 bits per heavy atom. The largest absolute Gasteiger partial charge is 0.431 e. The maximum absolute atomic E-state index is 13.2. The van der Waals surface area contributed by atoms with E-state index in [1.165, 1.54) is 12.1 Å². The molecule has 0 spiro atoms. The third-order valence-corrected chi connectivity index (χ3v) is 2.89. The predicted octanol–water partition coefficient (Wildman–Crippen LogP) is 3.64. The van der Waals surface area contributed by atoms with E-state index in [0.717, 1.165) is 0 Å². The molecule has 0 atom stereocenters. The zero-order chi connectivity index (χ0) is 10.0. The first-order valence-electron chi connectivity index (χ1n) is 3.10. The van der Waals surface area contributed by atoms with Crippen molar-refractivity contribution in [1.82, 2.24) is 0 Å². The van der Waals surface area contributed by atoms with Gasteiger partial charge in [-0.15, -0.1) is 0 Å². The van der Waals surface area contributed by atoms with E-state index in [1.807, 2.05) is 0 Å². The molecule has 0 aliphatic rings. The van der Waals surface area contributed by atoms with Gasteiger partial charge in [0, 0.05) is 0 Å². The van der Waals surface area contributed by atoms with Gasteiger partial charge >= 0.3 is 6.61 Å². The SMILES string of the molecule is Fc1c(I)ccc(I)c1OC(F)F. The number of benzene rings is 1. The van der Waals surface area contributed by atoms with Gasteiger partial charge in [0.1, 0.15) is 0 Å². The normalized spacial score (nSPS) is 10.6. The Bertz CT molecular complexity index is 317. The van der Waals surface area contributed by atoms with Gasteiger partial charge in [-0.25, -0.2) is 4.39 Å². The van der Waals surface area contributed by atoms with Gasteiger partial charge in [-0.2, -0.15) is 8.78 Å². The zero-order valence-corrected chi connectivity index (χ0v) is 10.3. The van der Waals surface area contributed by atoms with Crippen LogP contribution in [0.2, 0.25) is 0 Å². The van der Waals surface area contributed by atoms with Gasteiger partial charge in [0.15, 0.2) is 11.6 Å². The van der Waals surface area contributed by atoms with Crippen LogP contribution in [-0.2, 0) is 0 Å². The summed E-state index contributed by atoms with van der Waals surface area (Å²) in [5.41, 5.74) is 0. The standard InChI is InChI=1S/C7H3F3I2O/c8-5-3(11)1-2-4(12)6(5)13-7(9)10/h1-2,7H. The van der Waals surface area contributed by atoms with Crippen molar-refractivity contribution in [3.05, 3.63) is 25.1 Å². The van der Waals surface area contributed by atoms with Crippen molar-refractivity contribution in [1.29, 1.82) is 0 Å². The van der Waals surface area contributed by atoms with E-state index >= 15 is 0 Å². The van der Waals surface area contributed by atoms with Gasteiger partial charge < -0.3 is 4.74 Å². The van der Waals surface area contributed by atoms with E-state index in [-0.39, 0.29) is 9.32 Å². The Balaban J connectivity index is 3.10. The van der Waals surface area contributed by atoms with Crippen LogP contribution in [-0.4, -0.2) is 6.61 Å². The quantitative estimate of drug-likeness (QED) is 0.531. The monoisotopic (exact) mass is 414 g/mol. The lowest BCUT2D eigenvalue weighted by atomic mass is 10.3. The summed E-state index contributed by atoms with van der Waals surface area (Å²) in [7, 11) is 0. The summed E-state index contributed by atoms with van der Waals surface area (Å²) in [4.78, 5) is 0. The van der Waals surface area contributed by atoms with Gasteiger partial charge in [0.25, 0.3) is 0 Å². The van der Waals surface area contributed by atoms with E-state index < -0.39 is 12.4 Å². The molecule has 1 nitrogen and oxygen atoms in total. The molecule has 0 saturated heterocycles. The smallest absolute Gasteiger partial charge is 0.387 e. The number of hydrogen-bond donors (Lipinski definition) is 0. The van der Waals surface area contributed by atoms with Gasteiger partial charge in [-0.05, 0) is 57.3 Å². The van der Waals surface area contributed by atoms with Gasteiger partial charge in [0.05, 0.1) is 7.14 Å². The second-order valence-corrected chi connectivity index (χ2v) is 4.38. The summed E-state index contributed by atoms with van der Waals surface area (Å²) in [5, 5.41) is 0. The van der Waals surface area contributed by atoms with Crippen molar-refractivity contribution in [2.24, 2.45) is 0 Å². The molecule has 0 aliphatic carbocycles. The highest BCUT2D eigenvalue weighted by Crippen LogP contribution is 2.29. The molecule has 6 heteroatoms. The molecule has 0 radical (unpaired) electrons. The predicted molar refractivity (Wildman–Crippen MR) is 58.5 cm³/mol.